The third kappa shape index (κ3) is 4.09. The molecule has 0 radical (unpaired) electrons. The number of nitrogens with zero attached hydrogens (tertiary/aromatic N) is 1. The molecule has 0 bridgehead atoms. The lowest BCUT2D eigenvalue weighted by Crippen LogP contribution is -2.47. The van der Waals surface area contributed by atoms with Gasteiger partial charge in [-0.3, -0.25) is 4.79 Å². The summed E-state index contributed by atoms with van der Waals surface area (Å²) in [6.07, 6.45) is 5.97. The molecule has 0 heterocycles. The van der Waals surface area contributed by atoms with Gasteiger partial charge in [0.25, 0.3) is 0 Å². The number of aliphatic hydroxyl groups is 1. The number of hydrogen-bond donors (Lipinski definition) is 3. The number of carboxylic acid groups (broad SMARTS) is 1. The van der Waals surface area contributed by atoms with E-state index in [1.165, 1.54) is 4.90 Å². The van der Waals surface area contributed by atoms with Crippen molar-refractivity contribution in [2.45, 2.75) is 50.5 Å². The van der Waals surface area contributed by atoms with Gasteiger partial charge in [-0.05, 0) is 31.6 Å². The van der Waals surface area contributed by atoms with E-state index in [4.69, 9.17) is 5.11 Å². The summed E-state index contributed by atoms with van der Waals surface area (Å²) in [5, 5.41) is 22.2. The number of hydrogen-bond acceptors (Lipinski definition) is 3. The Labute approximate surface area is 125 Å². The van der Waals surface area contributed by atoms with Crippen LogP contribution in [-0.2, 0) is 4.79 Å². The van der Waals surface area contributed by atoms with Gasteiger partial charge in [0.2, 0.25) is 0 Å². The van der Waals surface area contributed by atoms with Crippen LogP contribution in [0.5, 0.6) is 0 Å². The van der Waals surface area contributed by atoms with Crippen molar-refractivity contribution in [3.8, 4) is 0 Å². The largest absolute Gasteiger partial charge is 0.481 e. The van der Waals surface area contributed by atoms with E-state index in [1.807, 2.05) is 0 Å². The number of carboxylic acids is 1. The molecule has 2 atom stereocenters. The first kappa shape index (κ1) is 16.1. The standard InChI is InChI=1S/C15H26N2O4/c1-17(10-15(21)7-2-3-8-15)14(20)16-9-11-5-4-6-12(11)13(18)19/h11-12,21H,2-10H2,1H3,(H,16,20)(H,18,19). The van der Waals surface area contributed by atoms with Gasteiger partial charge in [0.1, 0.15) is 0 Å². The molecule has 0 aliphatic heterocycles. The lowest BCUT2D eigenvalue weighted by molar-refractivity contribution is -0.142. The topological polar surface area (TPSA) is 89.9 Å². The molecule has 0 saturated heterocycles. The molecule has 2 saturated carbocycles. The fourth-order valence-electron chi connectivity index (χ4n) is 3.66. The fraction of sp³-hybridized carbons (Fsp3) is 0.867. The smallest absolute Gasteiger partial charge is 0.317 e. The third-order valence-corrected chi connectivity index (χ3v) is 4.90. The van der Waals surface area contributed by atoms with E-state index in [0.29, 0.717) is 19.5 Å². The first-order valence-corrected chi connectivity index (χ1v) is 7.85. The van der Waals surface area contributed by atoms with Crippen molar-refractivity contribution in [1.29, 1.82) is 0 Å². The molecule has 2 unspecified atom stereocenters. The minimum atomic E-state index is -0.764. The number of likely N-dealkylation sites (N-methyl/N-ethyl adjacent to an activating group) is 1. The quantitative estimate of drug-likeness (QED) is 0.716. The molecule has 6 nitrogen and oxygen atoms in total. The lowest BCUT2D eigenvalue weighted by atomic mass is 9.96. The second-order valence-electron chi connectivity index (χ2n) is 6.61. The van der Waals surface area contributed by atoms with Crippen molar-refractivity contribution < 1.29 is 19.8 Å². The number of rotatable bonds is 5. The number of amides is 2. The minimum absolute atomic E-state index is 0.0226. The van der Waals surface area contributed by atoms with Crippen LogP contribution in [0.1, 0.15) is 44.9 Å². The highest BCUT2D eigenvalue weighted by molar-refractivity contribution is 5.74. The summed E-state index contributed by atoms with van der Waals surface area (Å²) in [5.74, 6) is -1.08. The van der Waals surface area contributed by atoms with Crippen molar-refractivity contribution in [1.82, 2.24) is 10.2 Å². The van der Waals surface area contributed by atoms with Gasteiger partial charge in [-0.1, -0.05) is 19.3 Å². The van der Waals surface area contributed by atoms with Crippen LogP contribution in [0.15, 0.2) is 0 Å². The summed E-state index contributed by atoms with van der Waals surface area (Å²) in [7, 11) is 1.68. The molecule has 3 N–H and O–H groups in total. The van der Waals surface area contributed by atoms with E-state index in [-0.39, 0.29) is 17.9 Å². The van der Waals surface area contributed by atoms with Crippen molar-refractivity contribution >= 4 is 12.0 Å². The van der Waals surface area contributed by atoms with Crippen molar-refractivity contribution in [2.24, 2.45) is 11.8 Å². The Hall–Kier alpha value is -1.30. The van der Waals surface area contributed by atoms with Gasteiger partial charge >= 0.3 is 12.0 Å². The summed E-state index contributed by atoms with van der Waals surface area (Å²) in [4.78, 5) is 24.7. The van der Waals surface area contributed by atoms with Crippen molar-refractivity contribution in [2.75, 3.05) is 20.1 Å². The normalized spacial score (nSPS) is 27.5. The van der Waals surface area contributed by atoms with Crippen LogP contribution >= 0.6 is 0 Å². The van der Waals surface area contributed by atoms with E-state index in [0.717, 1.165) is 38.5 Å². The second kappa shape index (κ2) is 6.64. The predicted octanol–water partition coefficient (Wildman–Crippen LogP) is 1.43. The molecule has 2 aliphatic rings. The maximum atomic E-state index is 12.1. The number of aliphatic carboxylic acids is 1. The highest BCUT2D eigenvalue weighted by Gasteiger charge is 2.35. The summed E-state index contributed by atoms with van der Waals surface area (Å²) < 4.78 is 0. The molecule has 21 heavy (non-hydrogen) atoms. The first-order chi connectivity index (χ1) is 9.91. The zero-order chi connectivity index (χ0) is 15.5. The molecule has 0 aromatic heterocycles. The molecular weight excluding hydrogens is 272 g/mol. The Kier molecular flexibility index (Phi) is 5.08. The maximum Gasteiger partial charge on any atom is 0.317 e. The van der Waals surface area contributed by atoms with E-state index < -0.39 is 11.6 Å². The summed E-state index contributed by atoms with van der Waals surface area (Å²) in [6.45, 7) is 0.741. The Balaban J connectivity index is 1.77. The van der Waals surface area contributed by atoms with Crippen molar-refractivity contribution in [3.05, 3.63) is 0 Å². The van der Waals surface area contributed by atoms with Gasteiger partial charge < -0.3 is 20.4 Å². The zero-order valence-electron chi connectivity index (χ0n) is 12.7. The van der Waals surface area contributed by atoms with E-state index in [2.05, 4.69) is 5.32 Å². The number of nitrogens with one attached hydrogen (secondary N) is 1. The molecule has 2 fully saturated rings. The van der Waals surface area contributed by atoms with Crippen LogP contribution in [0.3, 0.4) is 0 Å². The van der Waals surface area contributed by atoms with Crippen LogP contribution in [0.2, 0.25) is 0 Å². The maximum absolute atomic E-state index is 12.1. The van der Waals surface area contributed by atoms with E-state index >= 15 is 0 Å². The number of carbonyl (C=O) groups excluding carboxylic acids is 1. The fourth-order valence-corrected chi connectivity index (χ4v) is 3.66. The van der Waals surface area contributed by atoms with E-state index in [1.54, 1.807) is 7.05 Å². The average Bonchev–Trinajstić information content (AvgIpc) is 3.04. The lowest BCUT2D eigenvalue weighted by Gasteiger charge is -2.29. The molecule has 0 aromatic rings. The molecule has 6 heteroatoms. The molecule has 2 rings (SSSR count). The molecule has 0 aromatic carbocycles. The Morgan fingerprint density at radius 3 is 2.52 bits per heavy atom. The highest BCUT2D eigenvalue weighted by Crippen LogP contribution is 2.32. The minimum Gasteiger partial charge on any atom is -0.481 e. The monoisotopic (exact) mass is 298 g/mol. The Morgan fingerprint density at radius 1 is 1.24 bits per heavy atom. The second-order valence-corrected chi connectivity index (χ2v) is 6.61. The summed E-state index contributed by atoms with van der Waals surface area (Å²) >= 11 is 0. The molecule has 120 valence electrons. The molecular formula is C15H26N2O4. The SMILES string of the molecule is CN(CC1(O)CCCC1)C(=O)NCC1CCCC1C(=O)O. The third-order valence-electron chi connectivity index (χ3n) is 4.90. The van der Waals surface area contributed by atoms with Gasteiger partial charge in [0.15, 0.2) is 0 Å². The van der Waals surface area contributed by atoms with Crippen LogP contribution in [-0.4, -0.2) is 52.9 Å². The Morgan fingerprint density at radius 2 is 1.90 bits per heavy atom. The average molecular weight is 298 g/mol. The Bertz CT molecular complexity index is 393. The van der Waals surface area contributed by atoms with Gasteiger partial charge in [-0.25, -0.2) is 4.79 Å². The van der Waals surface area contributed by atoms with Gasteiger partial charge in [0, 0.05) is 13.6 Å². The van der Waals surface area contributed by atoms with Crippen LogP contribution in [0, 0.1) is 11.8 Å². The van der Waals surface area contributed by atoms with E-state index in [9.17, 15) is 14.7 Å². The van der Waals surface area contributed by atoms with Crippen LogP contribution in [0.25, 0.3) is 0 Å². The van der Waals surface area contributed by atoms with Crippen LogP contribution in [0.4, 0.5) is 4.79 Å². The zero-order valence-corrected chi connectivity index (χ0v) is 12.7. The van der Waals surface area contributed by atoms with Gasteiger partial charge in [-0.15, -0.1) is 0 Å². The first-order valence-electron chi connectivity index (χ1n) is 7.85. The number of carbonyl (C=O) groups is 2. The summed E-state index contributed by atoms with van der Waals surface area (Å²) in [6, 6.07) is -0.230. The summed E-state index contributed by atoms with van der Waals surface area (Å²) in [5.41, 5.74) is -0.747. The van der Waals surface area contributed by atoms with Crippen molar-refractivity contribution in [3.63, 3.8) is 0 Å². The molecule has 2 amide bonds. The van der Waals surface area contributed by atoms with Gasteiger partial charge in [-0.2, -0.15) is 0 Å². The predicted molar refractivity (Wildman–Crippen MR) is 77.9 cm³/mol. The molecule has 2 aliphatic carbocycles. The highest BCUT2D eigenvalue weighted by atomic mass is 16.4. The number of urea groups is 1. The van der Waals surface area contributed by atoms with Crippen LogP contribution < -0.4 is 5.32 Å². The molecule has 0 spiro atoms. The van der Waals surface area contributed by atoms with Gasteiger partial charge in [0.05, 0.1) is 18.1 Å².